The Morgan fingerprint density at radius 1 is 1.28 bits per heavy atom. The van der Waals surface area contributed by atoms with Crippen molar-refractivity contribution in [3.05, 3.63) is 0 Å². The Kier molecular flexibility index (Phi) is 5.33. The van der Waals surface area contributed by atoms with E-state index in [1.54, 1.807) is 0 Å². The molecule has 1 saturated heterocycles. The SMILES string of the molecule is CSC1CCC(NC(=O)C2CCC(CN)O2)CC1. The van der Waals surface area contributed by atoms with Gasteiger partial charge in [-0.3, -0.25) is 4.79 Å². The van der Waals surface area contributed by atoms with Crippen LogP contribution in [0.3, 0.4) is 0 Å². The Morgan fingerprint density at radius 2 is 2.00 bits per heavy atom. The minimum atomic E-state index is -0.267. The van der Waals surface area contributed by atoms with Crippen LogP contribution in [-0.2, 0) is 9.53 Å². The number of ether oxygens (including phenoxy) is 1. The number of thioether (sulfide) groups is 1. The zero-order valence-corrected chi connectivity index (χ0v) is 11.9. The summed E-state index contributed by atoms with van der Waals surface area (Å²) in [5.41, 5.74) is 5.55. The molecule has 0 aromatic carbocycles. The summed E-state index contributed by atoms with van der Waals surface area (Å²) in [4.78, 5) is 12.0. The lowest BCUT2D eigenvalue weighted by Gasteiger charge is -2.28. The van der Waals surface area contributed by atoms with Gasteiger partial charge in [0, 0.05) is 17.8 Å². The molecule has 0 aromatic heterocycles. The van der Waals surface area contributed by atoms with Gasteiger partial charge < -0.3 is 15.8 Å². The molecule has 0 bridgehead atoms. The highest BCUT2D eigenvalue weighted by Crippen LogP contribution is 2.27. The van der Waals surface area contributed by atoms with Crippen molar-refractivity contribution in [2.24, 2.45) is 5.73 Å². The molecular formula is C13H24N2O2S. The summed E-state index contributed by atoms with van der Waals surface area (Å²) < 4.78 is 5.62. The van der Waals surface area contributed by atoms with Crippen molar-refractivity contribution in [2.75, 3.05) is 12.8 Å². The molecule has 2 rings (SSSR count). The molecule has 2 atom stereocenters. The normalized spacial score (nSPS) is 36.6. The molecule has 2 unspecified atom stereocenters. The van der Waals surface area contributed by atoms with Crippen molar-refractivity contribution in [2.45, 2.75) is 62.0 Å². The average Bonchev–Trinajstić information content (AvgIpc) is 2.88. The van der Waals surface area contributed by atoms with Crippen LogP contribution in [0, 0.1) is 0 Å². The van der Waals surface area contributed by atoms with E-state index in [9.17, 15) is 4.79 Å². The van der Waals surface area contributed by atoms with Crippen LogP contribution in [-0.4, -0.2) is 42.2 Å². The number of hydrogen-bond donors (Lipinski definition) is 2. The van der Waals surface area contributed by atoms with Crippen molar-refractivity contribution in [3.8, 4) is 0 Å². The van der Waals surface area contributed by atoms with E-state index in [0.29, 0.717) is 12.6 Å². The van der Waals surface area contributed by atoms with Crippen molar-refractivity contribution in [1.29, 1.82) is 0 Å². The summed E-state index contributed by atoms with van der Waals surface area (Å²) in [7, 11) is 0. The summed E-state index contributed by atoms with van der Waals surface area (Å²) >= 11 is 1.94. The molecule has 1 amide bonds. The minimum absolute atomic E-state index is 0.0681. The highest BCUT2D eigenvalue weighted by Gasteiger charge is 2.31. The lowest BCUT2D eigenvalue weighted by molar-refractivity contribution is -0.132. The van der Waals surface area contributed by atoms with Crippen LogP contribution < -0.4 is 11.1 Å². The van der Waals surface area contributed by atoms with Gasteiger partial charge in [-0.05, 0) is 44.8 Å². The maximum Gasteiger partial charge on any atom is 0.249 e. The highest BCUT2D eigenvalue weighted by molar-refractivity contribution is 7.99. The van der Waals surface area contributed by atoms with Crippen LogP contribution in [0.5, 0.6) is 0 Å². The Hall–Kier alpha value is -0.260. The minimum Gasteiger partial charge on any atom is -0.364 e. The number of carbonyl (C=O) groups excluding carboxylic acids is 1. The van der Waals surface area contributed by atoms with Gasteiger partial charge in [-0.25, -0.2) is 0 Å². The molecule has 18 heavy (non-hydrogen) atoms. The van der Waals surface area contributed by atoms with Gasteiger partial charge in [-0.1, -0.05) is 0 Å². The van der Waals surface area contributed by atoms with E-state index in [4.69, 9.17) is 10.5 Å². The number of carbonyl (C=O) groups is 1. The molecule has 2 fully saturated rings. The molecule has 0 radical (unpaired) electrons. The molecule has 1 saturated carbocycles. The number of nitrogens with two attached hydrogens (primary N) is 1. The predicted molar refractivity (Wildman–Crippen MR) is 74.7 cm³/mol. The summed E-state index contributed by atoms with van der Waals surface area (Å²) in [6, 6.07) is 0.349. The summed E-state index contributed by atoms with van der Waals surface area (Å²) in [5.74, 6) is 0.0681. The topological polar surface area (TPSA) is 64.4 Å². The first-order valence-electron chi connectivity index (χ1n) is 6.91. The molecule has 3 N–H and O–H groups in total. The standard InChI is InChI=1S/C13H24N2O2S/c1-18-11-5-2-9(3-6-11)15-13(16)12-7-4-10(8-14)17-12/h9-12H,2-8,14H2,1H3,(H,15,16). The van der Waals surface area contributed by atoms with Crippen molar-refractivity contribution in [3.63, 3.8) is 0 Å². The molecule has 0 spiro atoms. The fourth-order valence-electron chi connectivity index (χ4n) is 2.81. The van der Waals surface area contributed by atoms with Gasteiger partial charge >= 0.3 is 0 Å². The maximum atomic E-state index is 12.0. The van der Waals surface area contributed by atoms with Crippen LogP contribution in [0.25, 0.3) is 0 Å². The van der Waals surface area contributed by atoms with Crippen molar-refractivity contribution in [1.82, 2.24) is 5.32 Å². The smallest absolute Gasteiger partial charge is 0.249 e. The summed E-state index contributed by atoms with van der Waals surface area (Å²) in [6.45, 7) is 0.516. The average molecular weight is 272 g/mol. The second-order valence-corrected chi connectivity index (χ2v) is 6.42. The lowest BCUT2D eigenvalue weighted by atomic mass is 9.95. The quantitative estimate of drug-likeness (QED) is 0.809. The van der Waals surface area contributed by atoms with Crippen LogP contribution >= 0.6 is 11.8 Å². The van der Waals surface area contributed by atoms with Crippen molar-refractivity contribution >= 4 is 17.7 Å². The van der Waals surface area contributed by atoms with E-state index in [-0.39, 0.29) is 18.1 Å². The summed E-state index contributed by atoms with van der Waals surface area (Å²) in [5, 5.41) is 3.92. The van der Waals surface area contributed by atoms with Crippen LogP contribution in [0.2, 0.25) is 0 Å². The van der Waals surface area contributed by atoms with Gasteiger partial charge in [0.15, 0.2) is 0 Å². The highest BCUT2D eigenvalue weighted by atomic mass is 32.2. The zero-order chi connectivity index (χ0) is 13.0. The van der Waals surface area contributed by atoms with Gasteiger partial charge in [0.05, 0.1) is 6.10 Å². The van der Waals surface area contributed by atoms with E-state index in [2.05, 4.69) is 11.6 Å². The van der Waals surface area contributed by atoms with Gasteiger partial charge in [0.25, 0.3) is 0 Å². The molecule has 1 heterocycles. The monoisotopic (exact) mass is 272 g/mol. The number of rotatable bonds is 4. The first-order valence-corrected chi connectivity index (χ1v) is 8.20. The molecule has 1 aliphatic heterocycles. The third kappa shape index (κ3) is 3.62. The molecule has 0 aromatic rings. The van der Waals surface area contributed by atoms with Gasteiger partial charge in [0.1, 0.15) is 6.10 Å². The van der Waals surface area contributed by atoms with E-state index in [1.165, 1.54) is 12.8 Å². The Labute approximate surface area is 113 Å². The van der Waals surface area contributed by atoms with Gasteiger partial charge in [0.2, 0.25) is 5.91 Å². The van der Waals surface area contributed by atoms with E-state index in [1.807, 2.05) is 11.8 Å². The van der Waals surface area contributed by atoms with E-state index >= 15 is 0 Å². The van der Waals surface area contributed by atoms with Gasteiger partial charge in [-0.15, -0.1) is 0 Å². The predicted octanol–water partition coefficient (Wildman–Crippen LogP) is 1.28. The lowest BCUT2D eigenvalue weighted by Crippen LogP contribution is -2.43. The van der Waals surface area contributed by atoms with Gasteiger partial charge in [-0.2, -0.15) is 11.8 Å². The molecule has 5 heteroatoms. The van der Waals surface area contributed by atoms with Crippen LogP contribution in [0.4, 0.5) is 0 Å². The molecule has 104 valence electrons. The first-order chi connectivity index (χ1) is 8.72. The zero-order valence-electron chi connectivity index (χ0n) is 11.1. The largest absolute Gasteiger partial charge is 0.364 e. The molecule has 4 nitrogen and oxygen atoms in total. The molecular weight excluding hydrogens is 248 g/mol. The molecule has 2 aliphatic rings. The first kappa shape index (κ1) is 14.2. The number of nitrogens with one attached hydrogen (secondary N) is 1. The Bertz CT molecular complexity index is 280. The maximum absolute atomic E-state index is 12.0. The number of amides is 1. The second kappa shape index (κ2) is 6.78. The van der Waals surface area contributed by atoms with Crippen LogP contribution in [0.15, 0.2) is 0 Å². The fraction of sp³-hybridized carbons (Fsp3) is 0.923. The summed E-state index contributed by atoms with van der Waals surface area (Å²) in [6.07, 6.45) is 8.33. The van der Waals surface area contributed by atoms with E-state index < -0.39 is 0 Å². The van der Waals surface area contributed by atoms with Crippen LogP contribution in [0.1, 0.15) is 38.5 Å². The van der Waals surface area contributed by atoms with Crippen molar-refractivity contribution < 1.29 is 9.53 Å². The second-order valence-electron chi connectivity index (χ2n) is 5.28. The number of hydrogen-bond acceptors (Lipinski definition) is 4. The Balaban J connectivity index is 1.72. The molecule has 1 aliphatic carbocycles. The Morgan fingerprint density at radius 3 is 2.56 bits per heavy atom. The third-order valence-corrected chi connectivity index (χ3v) is 5.15. The third-order valence-electron chi connectivity index (χ3n) is 4.02. The fourth-order valence-corrected chi connectivity index (χ4v) is 3.55. The van der Waals surface area contributed by atoms with E-state index in [0.717, 1.165) is 30.9 Å².